The van der Waals surface area contributed by atoms with E-state index in [-0.39, 0.29) is 11.6 Å². The third kappa shape index (κ3) is 7.72. The van der Waals surface area contributed by atoms with Crippen molar-refractivity contribution in [3.05, 3.63) is 11.9 Å². The molecule has 0 radical (unpaired) electrons. The molecule has 0 bridgehead atoms. The first-order valence-corrected chi connectivity index (χ1v) is 6.88. The Bertz CT molecular complexity index is 615. The molecule has 0 N–H and O–H groups in total. The van der Waals surface area contributed by atoms with Gasteiger partial charge in [-0.25, -0.2) is 24.2 Å². The van der Waals surface area contributed by atoms with Gasteiger partial charge < -0.3 is 0 Å². The maximum absolute atomic E-state index is 10.7. The molecular formula is C15H18N4O4. The van der Waals surface area contributed by atoms with E-state index in [4.69, 9.17) is 0 Å². The van der Waals surface area contributed by atoms with Crippen LogP contribution in [0.2, 0.25) is 0 Å². The van der Waals surface area contributed by atoms with Crippen LogP contribution in [0.1, 0.15) is 33.6 Å². The molecule has 8 nitrogen and oxygen atoms in total. The van der Waals surface area contributed by atoms with E-state index in [0.717, 1.165) is 6.20 Å². The first kappa shape index (κ1) is 20.3. The number of carbonyl (C=O) groups excluding carboxylic acids is 4. The Morgan fingerprint density at radius 3 is 2.30 bits per heavy atom. The lowest BCUT2D eigenvalue weighted by molar-refractivity contribution is 0.237. The molecule has 0 heterocycles. The number of isocyanates is 4. The molecule has 0 aromatic carbocycles. The van der Waals surface area contributed by atoms with Gasteiger partial charge in [0, 0.05) is 0 Å². The predicted molar refractivity (Wildman–Crippen MR) is 81.4 cm³/mol. The van der Waals surface area contributed by atoms with E-state index in [2.05, 4.69) is 20.0 Å². The van der Waals surface area contributed by atoms with E-state index in [0.29, 0.717) is 19.4 Å². The van der Waals surface area contributed by atoms with E-state index in [9.17, 15) is 19.2 Å². The SMILES string of the molecule is CC(CCN=C=O)CC(C)(C)C(N=C=O)C(=CN=C=O)N=C=O. The molecule has 0 aromatic heterocycles. The van der Waals surface area contributed by atoms with Crippen molar-refractivity contribution >= 4 is 24.3 Å². The molecule has 2 atom stereocenters. The molecule has 0 fully saturated rings. The highest BCUT2D eigenvalue weighted by Crippen LogP contribution is 2.36. The average molecular weight is 318 g/mol. The van der Waals surface area contributed by atoms with Crippen molar-refractivity contribution in [3.8, 4) is 0 Å². The minimum atomic E-state index is -0.824. The summed E-state index contributed by atoms with van der Waals surface area (Å²) in [6.45, 7) is 5.97. The highest BCUT2D eigenvalue weighted by molar-refractivity contribution is 5.42. The minimum Gasteiger partial charge on any atom is -0.211 e. The highest BCUT2D eigenvalue weighted by Gasteiger charge is 2.34. The molecule has 8 heteroatoms. The summed E-state index contributed by atoms with van der Waals surface area (Å²) in [5, 5.41) is 0. The Kier molecular flexibility index (Phi) is 9.61. The van der Waals surface area contributed by atoms with Crippen LogP contribution in [-0.4, -0.2) is 36.9 Å². The van der Waals surface area contributed by atoms with Crippen molar-refractivity contribution in [1.29, 1.82) is 0 Å². The first-order valence-electron chi connectivity index (χ1n) is 6.88. The summed E-state index contributed by atoms with van der Waals surface area (Å²) in [6, 6.07) is -0.824. The fourth-order valence-corrected chi connectivity index (χ4v) is 2.44. The summed E-state index contributed by atoms with van der Waals surface area (Å²) in [4.78, 5) is 55.5. The quantitative estimate of drug-likeness (QED) is 0.452. The molecular weight excluding hydrogens is 300 g/mol. The zero-order valence-electron chi connectivity index (χ0n) is 13.3. The van der Waals surface area contributed by atoms with Crippen molar-refractivity contribution in [2.24, 2.45) is 31.3 Å². The van der Waals surface area contributed by atoms with Gasteiger partial charge in [-0.2, -0.15) is 15.0 Å². The standard InChI is InChI=1S/C15H18N4O4/c1-12(4-5-16-8-20)6-15(2,3)14(19-11-23)13(18-10-22)7-17-9-21/h7,12,14H,4-6H2,1-3H3. The molecule has 122 valence electrons. The van der Waals surface area contributed by atoms with Crippen LogP contribution in [0.5, 0.6) is 0 Å². The van der Waals surface area contributed by atoms with Crippen molar-refractivity contribution in [1.82, 2.24) is 0 Å². The second-order valence-electron chi connectivity index (χ2n) is 5.66. The second-order valence-corrected chi connectivity index (χ2v) is 5.66. The number of hydrogen-bond acceptors (Lipinski definition) is 8. The zero-order chi connectivity index (χ0) is 17.7. The van der Waals surface area contributed by atoms with Gasteiger partial charge in [-0.1, -0.05) is 20.8 Å². The maximum Gasteiger partial charge on any atom is 0.240 e. The lowest BCUT2D eigenvalue weighted by Gasteiger charge is -2.32. The molecule has 0 saturated heterocycles. The van der Waals surface area contributed by atoms with Gasteiger partial charge in [0.15, 0.2) is 0 Å². The lowest BCUT2D eigenvalue weighted by Crippen LogP contribution is -2.31. The van der Waals surface area contributed by atoms with Crippen molar-refractivity contribution < 1.29 is 19.2 Å². The van der Waals surface area contributed by atoms with Crippen LogP contribution in [0, 0.1) is 11.3 Å². The third-order valence-corrected chi connectivity index (χ3v) is 3.30. The van der Waals surface area contributed by atoms with Crippen LogP contribution in [-0.2, 0) is 19.2 Å². The summed E-state index contributed by atoms with van der Waals surface area (Å²) in [5.41, 5.74) is -0.568. The van der Waals surface area contributed by atoms with Crippen molar-refractivity contribution in [2.75, 3.05) is 6.54 Å². The van der Waals surface area contributed by atoms with E-state index >= 15 is 0 Å². The molecule has 0 aliphatic rings. The molecule has 2 unspecified atom stereocenters. The van der Waals surface area contributed by atoms with Gasteiger partial charge in [0.05, 0.1) is 18.4 Å². The number of hydrogen-bond donors (Lipinski definition) is 0. The summed E-state index contributed by atoms with van der Waals surface area (Å²) in [7, 11) is 0. The summed E-state index contributed by atoms with van der Waals surface area (Å²) in [6.07, 6.45) is 7.84. The average Bonchev–Trinajstić information content (AvgIpc) is 2.49. The largest absolute Gasteiger partial charge is 0.240 e. The maximum atomic E-state index is 10.7. The first-order chi connectivity index (χ1) is 10.9. The van der Waals surface area contributed by atoms with Crippen LogP contribution in [0.4, 0.5) is 0 Å². The molecule has 0 amide bonds. The van der Waals surface area contributed by atoms with Gasteiger partial charge in [0.1, 0.15) is 6.04 Å². The molecule has 0 aliphatic heterocycles. The predicted octanol–water partition coefficient (Wildman–Crippen LogP) is 1.98. The summed E-state index contributed by atoms with van der Waals surface area (Å²) < 4.78 is 0. The van der Waals surface area contributed by atoms with Crippen molar-refractivity contribution in [2.45, 2.75) is 39.7 Å². The molecule has 0 saturated carbocycles. The van der Waals surface area contributed by atoms with Gasteiger partial charge in [-0.15, -0.1) is 0 Å². The lowest BCUT2D eigenvalue weighted by atomic mass is 9.75. The Labute approximate surface area is 133 Å². The van der Waals surface area contributed by atoms with Crippen LogP contribution < -0.4 is 0 Å². The number of aliphatic imine (C=N–C) groups is 4. The monoisotopic (exact) mass is 318 g/mol. The minimum absolute atomic E-state index is 0.0230. The Balaban J connectivity index is 5.45. The van der Waals surface area contributed by atoms with Gasteiger partial charge in [0.2, 0.25) is 24.3 Å². The topological polar surface area (TPSA) is 118 Å². The van der Waals surface area contributed by atoms with Crippen LogP contribution in [0.15, 0.2) is 31.9 Å². The fraction of sp³-hybridized carbons (Fsp3) is 0.600. The summed E-state index contributed by atoms with van der Waals surface area (Å²) in [5.74, 6) is 0.155. The Morgan fingerprint density at radius 1 is 1.09 bits per heavy atom. The second kappa shape index (κ2) is 10.9. The zero-order valence-corrected chi connectivity index (χ0v) is 13.3. The van der Waals surface area contributed by atoms with E-state index in [1.165, 1.54) is 24.3 Å². The number of rotatable bonds is 10. The smallest absolute Gasteiger partial charge is 0.211 e. The number of nitrogens with zero attached hydrogens (tertiary/aromatic N) is 4. The Hall–Kier alpha value is -2.74. The van der Waals surface area contributed by atoms with E-state index in [1.54, 1.807) is 0 Å². The van der Waals surface area contributed by atoms with Crippen molar-refractivity contribution in [3.63, 3.8) is 0 Å². The van der Waals surface area contributed by atoms with Gasteiger partial charge in [-0.3, -0.25) is 0 Å². The van der Waals surface area contributed by atoms with Crippen LogP contribution in [0.3, 0.4) is 0 Å². The normalized spacial score (nSPS) is 13.4. The van der Waals surface area contributed by atoms with Crippen LogP contribution >= 0.6 is 0 Å². The molecule has 0 rings (SSSR count). The Morgan fingerprint density at radius 2 is 1.78 bits per heavy atom. The van der Waals surface area contributed by atoms with E-state index < -0.39 is 11.5 Å². The fourth-order valence-electron chi connectivity index (χ4n) is 2.44. The summed E-state index contributed by atoms with van der Waals surface area (Å²) >= 11 is 0. The molecule has 0 spiro atoms. The molecule has 0 aliphatic carbocycles. The van der Waals surface area contributed by atoms with Gasteiger partial charge >= 0.3 is 0 Å². The van der Waals surface area contributed by atoms with Gasteiger partial charge in [0.25, 0.3) is 0 Å². The third-order valence-electron chi connectivity index (χ3n) is 3.30. The van der Waals surface area contributed by atoms with Crippen LogP contribution in [0.25, 0.3) is 0 Å². The molecule has 0 aromatic rings. The van der Waals surface area contributed by atoms with E-state index in [1.807, 2.05) is 20.8 Å². The highest BCUT2D eigenvalue weighted by atomic mass is 16.1. The van der Waals surface area contributed by atoms with Gasteiger partial charge in [-0.05, 0) is 24.2 Å². The molecule has 23 heavy (non-hydrogen) atoms.